The summed E-state index contributed by atoms with van der Waals surface area (Å²) in [6.07, 6.45) is -0.311. The molecule has 0 fully saturated rings. The smallest absolute Gasteiger partial charge is 0.279 e. The van der Waals surface area contributed by atoms with Crippen LogP contribution in [0.3, 0.4) is 0 Å². The van der Waals surface area contributed by atoms with Gasteiger partial charge in [0.2, 0.25) is 11.7 Å². The Morgan fingerprint density at radius 3 is 2.25 bits per heavy atom. The number of aromatic nitrogens is 4. The summed E-state index contributed by atoms with van der Waals surface area (Å²) in [5.74, 6) is -1.50. The monoisotopic (exact) mass is 485 g/mol. The number of fused-ring (bicyclic) bond motifs is 1. The second kappa shape index (κ2) is 9.53. The molecule has 5 rings (SSSR count). The Morgan fingerprint density at radius 1 is 0.944 bits per heavy atom. The summed E-state index contributed by atoms with van der Waals surface area (Å²) in [6, 6.07) is 21.6. The van der Waals surface area contributed by atoms with Crippen molar-refractivity contribution in [3.05, 3.63) is 118 Å². The quantitative estimate of drug-likeness (QED) is 0.387. The van der Waals surface area contributed by atoms with E-state index in [0.29, 0.717) is 29.9 Å². The highest BCUT2D eigenvalue weighted by atomic mass is 19.1. The molecular weight excluding hydrogens is 464 g/mol. The number of halogens is 2. The van der Waals surface area contributed by atoms with Crippen LogP contribution in [0.15, 0.2) is 83.7 Å². The lowest BCUT2D eigenvalue weighted by atomic mass is 10.1. The molecule has 0 saturated carbocycles. The van der Waals surface area contributed by atoms with Crippen molar-refractivity contribution in [1.29, 1.82) is 0 Å². The molecule has 36 heavy (non-hydrogen) atoms. The molecule has 0 atom stereocenters. The van der Waals surface area contributed by atoms with E-state index in [1.54, 1.807) is 6.92 Å². The first kappa shape index (κ1) is 23.1. The van der Waals surface area contributed by atoms with E-state index in [4.69, 9.17) is 0 Å². The molecule has 3 aromatic carbocycles. The van der Waals surface area contributed by atoms with Crippen molar-refractivity contribution in [3.63, 3.8) is 0 Å². The fraction of sp³-hybridized carbons (Fsp3) is 0.111. The molecule has 2 aromatic heterocycles. The standard InChI is InChI=1S/C27H21F2N5O2/c1-17-23(15-24(35)30-22-13-20(28)12-21(29)14-22)26(36)34-27(33(17)16-18-8-4-2-5-9-18)31-25(32-34)19-10-6-3-7-11-19/h2-14H,15-16H2,1H3,(H,30,35). The second-order valence-electron chi connectivity index (χ2n) is 8.34. The molecule has 0 aliphatic carbocycles. The van der Waals surface area contributed by atoms with Crippen molar-refractivity contribution in [2.75, 3.05) is 5.32 Å². The van der Waals surface area contributed by atoms with Gasteiger partial charge in [0.05, 0.1) is 13.0 Å². The first-order chi connectivity index (χ1) is 17.4. The Morgan fingerprint density at radius 2 is 1.58 bits per heavy atom. The maximum absolute atomic E-state index is 13.5. The molecular formula is C27H21F2N5O2. The van der Waals surface area contributed by atoms with E-state index in [1.165, 1.54) is 4.52 Å². The summed E-state index contributed by atoms with van der Waals surface area (Å²) in [5, 5.41) is 6.90. The number of nitrogens with zero attached hydrogens (tertiary/aromatic N) is 4. The number of benzene rings is 3. The fourth-order valence-electron chi connectivity index (χ4n) is 4.07. The third-order valence-electron chi connectivity index (χ3n) is 5.82. The van der Waals surface area contributed by atoms with Crippen molar-refractivity contribution in [3.8, 4) is 11.4 Å². The lowest BCUT2D eigenvalue weighted by Crippen LogP contribution is -2.29. The number of anilines is 1. The predicted molar refractivity (Wildman–Crippen MR) is 132 cm³/mol. The van der Waals surface area contributed by atoms with Crippen LogP contribution in [-0.2, 0) is 17.8 Å². The zero-order valence-corrected chi connectivity index (χ0v) is 19.3. The summed E-state index contributed by atoms with van der Waals surface area (Å²) in [4.78, 5) is 30.9. The fourth-order valence-corrected chi connectivity index (χ4v) is 4.07. The highest BCUT2D eigenvalue weighted by molar-refractivity contribution is 5.92. The van der Waals surface area contributed by atoms with Crippen LogP contribution in [0.25, 0.3) is 17.2 Å². The first-order valence-corrected chi connectivity index (χ1v) is 11.2. The molecule has 0 radical (unpaired) electrons. The van der Waals surface area contributed by atoms with Crippen LogP contribution < -0.4 is 10.9 Å². The number of carbonyl (C=O) groups excluding carboxylic acids is 1. The van der Waals surface area contributed by atoms with Crippen LogP contribution in [0.2, 0.25) is 0 Å². The Hall–Kier alpha value is -4.66. The number of hydrogen-bond acceptors (Lipinski definition) is 4. The Balaban J connectivity index is 1.59. The zero-order chi connectivity index (χ0) is 25.2. The average molecular weight is 485 g/mol. The Kier molecular flexibility index (Phi) is 6.12. The summed E-state index contributed by atoms with van der Waals surface area (Å²) < 4.78 is 30.1. The van der Waals surface area contributed by atoms with Crippen molar-refractivity contribution in [2.24, 2.45) is 0 Å². The number of rotatable bonds is 6. The van der Waals surface area contributed by atoms with Crippen LogP contribution in [0.1, 0.15) is 16.8 Å². The molecule has 0 aliphatic heterocycles. The van der Waals surface area contributed by atoms with Gasteiger partial charge in [0.15, 0.2) is 5.82 Å². The minimum Gasteiger partial charge on any atom is -0.326 e. The molecule has 7 nitrogen and oxygen atoms in total. The third kappa shape index (κ3) is 4.63. The molecule has 5 aromatic rings. The molecule has 0 aliphatic rings. The van der Waals surface area contributed by atoms with Crippen molar-refractivity contribution < 1.29 is 13.6 Å². The largest absolute Gasteiger partial charge is 0.326 e. The van der Waals surface area contributed by atoms with Crippen molar-refractivity contribution >= 4 is 17.4 Å². The van der Waals surface area contributed by atoms with Crippen molar-refractivity contribution in [1.82, 2.24) is 19.2 Å². The maximum Gasteiger partial charge on any atom is 0.279 e. The second-order valence-corrected chi connectivity index (χ2v) is 8.34. The summed E-state index contributed by atoms with van der Waals surface area (Å²) in [5.41, 5.74) is 1.95. The molecule has 0 saturated heterocycles. The lowest BCUT2D eigenvalue weighted by Gasteiger charge is -2.15. The van der Waals surface area contributed by atoms with E-state index in [0.717, 1.165) is 23.3 Å². The minimum absolute atomic E-state index is 0.0343. The van der Waals surface area contributed by atoms with Crippen LogP contribution in [-0.4, -0.2) is 25.1 Å². The van der Waals surface area contributed by atoms with Crippen LogP contribution in [0.4, 0.5) is 14.5 Å². The molecule has 2 heterocycles. The first-order valence-electron chi connectivity index (χ1n) is 11.2. The number of nitrogens with one attached hydrogen (secondary N) is 1. The predicted octanol–water partition coefficient (Wildman–Crippen LogP) is 4.37. The molecule has 9 heteroatoms. The normalized spacial score (nSPS) is 11.1. The van der Waals surface area contributed by atoms with Crippen LogP contribution in [0, 0.1) is 18.6 Å². The van der Waals surface area contributed by atoms with Gasteiger partial charge in [-0.1, -0.05) is 60.7 Å². The number of hydrogen-bond donors (Lipinski definition) is 1. The highest BCUT2D eigenvalue weighted by Crippen LogP contribution is 2.19. The van der Waals surface area contributed by atoms with Gasteiger partial charge in [-0.25, -0.2) is 8.78 Å². The zero-order valence-electron chi connectivity index (χ0n) is 19.3. The van der Waals surface area contributed by atoms with E-state index < -0.39 is 23.1 Å². The molecule has 1 amide bonds. The van der Waals surface area contributed by atoms with Crippen LogP contribution >= 0.6 is 0 Å². The highest BCUT2D eigenvalue weighted by Gasteiger charge is 2.21. The minimum atomic E-state index is -0.816. The Labute approximate surface area is 204 Å². The maximum atomic E-state index is 13.5. The summed E-state index contributed by atoms with van der Waals surface area (Å²) in [7, 11) is 0. The van der Waals surface area contributed by atoms with Gasteiger partial charge in [0.25, 0.3) is 5.56 Å². The molecule has 0 bridgehead atoms. The SMILES string of the molecule is Cc1c(CC(=O)Nc2cc(F)cc(F)c2)c(=O)n2nc(-c3ccccc3)nc2n1Cc1ccccc1. The van der Waals surface area contributed by atoms with Gasteiger partial charge in [-0.15, -0.1) is 5.10 Å². The van der Waals surface area contributed by atoms with Crippen LogP contribution in [0.5, 0.6) is 0 Å². The molecule has 0 spiro atoms. The van der Waals surface area contributed by atoms with E-state index in [1.807, 2.05) is 65.2 Å². The van der Waals surface area contributed by atoms with Gasteiger partial charge < -0.3 is 9.88 Å². The van der Waals surface area contributed by atoms with E-state index >= 15 is 0 Å². The molecule has 1 N–H and O–H groups in total. The molecule has 180 valence electrons. The topological polar surface area (TPSA) is 81.3 Å². The number of amides is 1. The van der Waals surface area contributed by atoms with Gasteiger partial charge in [-0.2, -0.15) is 9.50 Å². The van der Waals surface area contributed by atoms with E-state index in [-0.39, 0.29) is 17.7 Å². The lowest BCUT2D eigenvalue weighted by molar-refractivity contribution is -0.115. The Bertz CT molecular complexity index is 1610. The third-order valence-corrected chi connectivity index (χ3v) is 5.82. The summed E-state index contributed by atoms with van der Waals surface area (Å²) >= 11 is 0. The average Bonchev–Trinajstić information content (AvgIpc) is 3.31. The van der Waals surface area contributed by atoms with Gasteiger partial charge in [-0.05, 0) is 24.6 Å². The van der Waals surface area contributed by atoms with Gasteiger partial charge in [0, 0.05) is 28.6 Å². The van der Waals surface area contributed by atoms with E-state index in [2.05, 4.69) is 15.4 Å². The van der Waals surface area contributed by atoms with Gasteiger partial charge >= 0.3 is 0 Å². The summed E-state index contributed by atoms with van der Waals surface area (Å²) in [6.45, 7) is 2.14. The molecule has 0 unspecified atom stereocenters. The van der Waals surface area contributed by atoms with E-state index in [9.17, 15) is 18.4 Å². The van der Waals surface area contributed by atoms with Gasteiger partial charge in [0.1, 0.15) is 11.6 Å². The number of carbonyl (C=O) groups is 1. The van der Waals surface area contributed by atoms with Gasteiger partial charge in [-0.3, -0.25) is 9.59 Å². The van der Waals surface area contributed by atoms with Crippen molar-refractivity contribution in [2.45, 2.75) is 19.9 Å².